The van der Waals surface area contributed by atoms with E-state index in [0.29, 0.717) is 24.3 Å². The quantitative estimate of drug-likeness (QED) is 0.787. The molecule has 0 aliphatic heterocycles. The summed E-state index contributed by atoms with van der Waals surface area (Å²) in [6.07, 6.45) is 0. The van der Waals surface area contributed by atoms with Crippen molar-refractivity contribution in [3.8, 4) is 0 Å². The zero-order valence-corrected chi connectivity index (χ0v) is 16.0. The van der Waals surface area contributed by atoms with E-state index >= 15 is 0 Å². The van der Waals surface area contributed by atoms with Gasteiger partial charge >= 0.3 is 5.97 Å². The first-order valence-corrected chi connectivity index (χ1v) is 8.77. The number of amides is 2. The summed E-state index contributed by atoms with van der Waals surface area (Å²) in [6.45, 7) is 6.43. The molecule has 0 aliphatic carbocycles. The van der Waals surface area contributed by atoms with Gasteiger partial charge < -0.3 is 15.3 Å². The Balaban J connectivity index is 2.19. The summed E-state index contributed by atoms with van der Waals surface area (Å²) in [6, 6.07) is 7.31. The number of aromatic carboxylic acids is 1. The van der Waals surface area contributed by atoms with Crippen molar-refractivity contribution in [1.82, 2.24) is 9.88 Å². The van der Waals surface area contributed by atoms with Crippen molar-refractivity contribution in [2.45, 2.75) is 20.8 Å². The predicted octanol–water partition coefficient (Wildman–Crippen LogP) is 3.48. The lowest BCUT2D eigenvalue weighted by atomic mass is 10.1. The molecule has 2 rings (SSSR count). The zero-order valence-electron chi connectivity index (χ0n) is 15.2. The van der Waals surface area contributed by atoms with Crippen LogP contribution in [0.2, 0.25) is 5.02 Å². The number of nitrogens with zero attached hydrogens (tertiary/aromatic N) is 2. The molecular weight excluding hydrogens is 370 g/mol. The summed E-state index contributed by atoms with van der Waals surface area (Å²) in [4.78, 5) is 41.4. The number of pyridine rings is 1. The molecule has 2 N–H and O–H groups in total. The van der Waals surface area contributed by atoms with Gasteiger partial charge in [-0.3, -0.25) is 9.59 Å². The maximum Gasteiger partial charge on any atom is 0.337 e. The maximum atomic E-state index is 12.4. The molecule has 0 radical (unpaired) electrons. The van der Waals surface area contributed by atoms with Crippen LogP contribution >= 0.6 is 11.6 Å². The topological polar surface area (TPSA) is 99.6 Å². The summed E-state index contributed by atoms with van der Waals surface area (Å²) in [5, 5.41) is 11.9. The average molecular weight is 390 g/mol. The number of carbonyl (C=O) groups is 3. The van der Waals surface area contributed by atoms with Crippen LogP contribution < -0.4 is 5.32 Å². The van der Waals surface area contributed by atoms with E-state index in [1.165, 1.54) is 25.1 Å². The molecule has 0 fully saturated rings. The highest BCUT2D eigenvalue weighted by Crippen LogP contribution is 2.23. The van der Waals surface area contributed by atoms with Gasteiger partial charge in [0.25, 0.3) is 11.8 Å². The third kappa shape index (κ3) is 4.62. The Morgan fingerprint density at radius 3 is 2.26 bits per heavy atom. The Bertz CT molecular complexity index is 895. The number of carbonyl (C=O) groups excluding carboxylic acids is 2. The van der Waals surface area contributed by atoms with Gasteiger partial charge in [0.15, 0.2) is 0 Å². The number of carboxylic acids is 1. The minimum Gasteiger partial charge on any atom is -0.478 e. The van der Waals surface area contributed by atoms with Crippen molar-refractivity contribution in [3.63, 3.8) is 0 Å². The second kappa shape index (κ2) is 8.64. The van der Waals surface area contributed by atoms with Crippen molar-refractivity contribution in [2.24, 2.45) is 0 Å². The fourth-order valence-corrected chi connectivity index (χ4v) is 2.82. The van der Waals surface area contributed by atoms with Crippen molar-refractivity contribution in [2.75, 3.05) is 18.4 Å². The molecule has 0 saturated carbocycles. The maximum absolute atomic E-state index is 12.4. The van der Waals surface area contributed by atoms with Crippen LogP contribution in [0.25, 0.3) is 0 Å². The van der Waals surface area contributed by atoms with Crippen LogP contribution in [0.15, 0.2) is 30.3 Å². The Labute approximate surface area is 162 Å². The predicted molar refractivity (Wildman–Crippen MR) is 103 cm³/mol. The summed E-state index contributed by atoms with van der Waals surface area (Å²) in [7, 11) is 0. The van der Waals surface area contributed by atoms with Gasteiger partial charge in [0.05, 0.1) is 21.8 Å². The van der Waals surface area contributed by atoms with E-state index in [4.69, 9.17) is 16.7 Å². The lowest BCUT2D eigenvalue weighted by molar-refractivity contribution is 0.0694. The summed E-state index contributed by atoms with van der Waals surface area (Å²) >= 11 is 6.21. The number of aromatic nitrogens is 1. The van der Waals surface area contributed by atoms with Gasteiger partial charge in [-0.25, -0.2) is 9.78 Å². The molecule has 0 spiro atoms. The van der Waals surface area contributed by atoms with E-state index < -0.39 is 11.9 Å². The van der Waals surface area contributed by atoms with E-state index in [-0.39, 0.29) is 27.9 Å². The number of rotatable bonds is 6. The number of hydrogen-bond acceptors (Lipinski definition) is 4. The fourth-order valence-electron chi connectivity index (χ4n) is 2.56. The third-order valence-corrected chi connectivity index (χ3v) is 4.37. The standard InChI is InChI=1S/C19H20ClN3O4/c1-4-23(5-2)18(25)14-7-6-12(10-15(14)20)22-17(24)16-9-8-13(19(26)27)11(3)21-16/h6-10H,4-5H2,1-3H3,(H,22,24)(H,26,27). The highest BCUT2D eigenvalue weighted by molar-refractivity contribution is 6.34. The highest BCUT2D eigenvalue weighted by atomic mass is 35.5. The highest BCUT2D eigenvalue weighted by Gasteiger charge is 2.17. The lowest BCUT2D eigenvalue weighted by Crippen LogP contribution is -2.30. The molecule has 1 aromatic heterocycles. The molecule has 27 heavy (non-hydrogen) atoms. The molecule has 0 bridgehead atoms. The van der Waals surface area contributed by atoms with Gasteiger partial charge in [0.2, 0.25) is 0 Å². The van der Waals surface area contributed by atoms with E-state index in [1.54, 1.807) is 17.0 Å². The van der Waals surface area contributed by atoms with Gasteiger partial charge in [0.1, 0.15) is 5.69 Å². The molecule has 0 unspecified atom stereocenters. The minimum atomic E-state index is -1.10. The first kappa shape index (κ1) is 20.4. The van der Waals surface area contributed by atoms with E-state index in [0.717, 1.165) is 0 Å². The Hall–Kier alpha value is -2.93. The molecule has 142 valence electrons. The number of halogens is 1. The first-order valence-electron chi connectivity index (χ1n) is 8.39. The molecule has 0 atom stereocenters. The smallest absolute Gasteiger partial charge is 0.337 e. The van der Waals surface area contributed by atoms with Gasteiger partial charge in [0, 0.05) is 18.8 Å². The van der Waals surface area contributed by atoms with Gasteiger partial charge in [-0.15, -0.1) is 0 Å². The second-order valence-corrected chi connectivity index (χ2v) is 6.17. The van der Waals surface area contributed by atoms with Crippen molar-refractivity contribution >= 4 is 35.1 Å². The number of aryl methyl sites for hydroxylation is 1. The first-order chi connectivity index (χ1) is 12.8. The Morgan fingerprint density at radius 2 is 1.74 bits per heavy atom. The molecule has 2 aromatic rings. The van der Waals surface area contributed by atoms with E-state index in [1.807, 2.05) is 13.8 Å². The third-order valence-electron chi connectivity index (χ3n) is 4.06. The second-order valence-electron chi connectivity index (χ2n) is 5.76. The molecule has 2 amide bonds. The van der Waals surface area contributed by atoms with Crippen LogP contribution in [0.4, 0.5) is 5.69 Å². The van der Waals surface area contributed by atoms with Crippen LogP contribution in [-0.4, -0.2) is 45.9 Å². The monoisotopic (exact) mass is 389 g/mol. The van der Waals surface area contributed by atoms with Gasteiger partial charge in [-0.1, -0.05) is 11.6 Å². The summed E-state index contributed by atoms with van der Waals surface area (Å²) in [5.41, 5.74) is 1.13. The molecule has 1 heterocycles. The van der Waals surface area contributed by atoms with Crippen molar-refractivity contribution in [1.29, 1.82) is 0 Å². The number of hydrogen-bond donors (Lipinski definition) is 2. The molecule has 7 nitrogen and oxygen atoms in total. The Kier molecular flexibility index (Phi) is 6.52. The molecule has 0 aliphatic rings. The molecule has 1 aromatic carbocycles. The van der Waals surface area contributed by atoms with Crippen LogP contribution in [0.1, 0.15) is 50.7 Å². The lowest BCUT2D eigenvalue weighted by Gasteiger charge is -2.19. The summed E-state index contributed by atoms with van der Waals surface area (Å²) in [5.74, 6) is -1.79. The number of carboxylic acid groups (broad SMARTS) is 1. The largest absolute Gasteiger partial charge is 0.478 e. The zero-order chi connectivity index (χ0) is 20.1. The number of nitrogens with one attached hydrogen (secondary N) is 1. The normalized spacial score (nSPS) is 10.4. The SMILES string of the molecule is CCN(CC)C(=O)c1ccc(NC(=O)c2ccc(C(=O)O)c(C)n2)cc1Cl. The van der Waals surface area contributed by atoms with Crippen molar-refractivity contribution < 1.29 is 19.5 Å². The summed E-state index contributed by atoms with van der Waals surface area (Å²) < 4.78 is 0. The van der Waals surface area contributed by atoms with E-state index in [9.17, 15) is 14.4 Å². The van der Waals surface area contributed by atoms with Crippen LogP contribution in [0.5, 0.6) is 0 Å². The van der Waals surface area contributed by atoms with Gasteiger partial charge in [-0.2, -0.15) is 0 Å². The number of anilines is 1. The molecule has 0 saturated heterocycles. The average Bonchev–Trinajstić information content (AvgIpc) is 2.62. The minimum absolute atomic E-state index is 0.0360. The van der Waals surface area contributed by atoms with Crippen molar-refractivity contribution in [3.05, 3.63) is 57.9 Å². The van der Waals surface area contributed by atoms with Gasteiger partial charge in [-0.05, 0) is 51.1 Å². The molecular formula is C19H20ClN3O4. The number of benzene rings is 1. The molecule has 8 heteroatoms. The Morgan fingerprint density at radius 1 is 1.11 bits per heavy atom. The van der Waals surface area contributed by atoms with E-state index in [2.05, 4.69) is 10.3 Å². The van der Waals surface area contributed by atoms with Crippen LogP contribution in [0, 0.1) is 6.92 Å². The van der Waals surface area contributed by atoms with Crippen LogP contribution in [-0.2, 0) is 0 Å². The van der Waals surface area contributed by atoms with Crippen LogP contribution in [0.3, 0.4) is 0 Å². The fraction of sp³-hybridized carbons (Fsp3) is 0.263.